The zero-order chi connectivity index (χ0) is 11.3. The SMILES string of the molecule is O=C(N[C@@H](CCO)C(=O)O)C1CCCC1. The highest BCUT2D eigenvalue weighted by Gasteiger charge is 2.26. The molecule has 86 valence electrons. The number of carbonyl (C=O) groups excluding carboxylic acids is 1. The summed E-state index contributed by atoms with van der Waals surface area (Å²) in [7, 11) is 0. The second kappa shape index (κ2) is 5.70. The molecule has 0 spiro atoms. The fourth-order valence-corrected chi connectivity index (χ4v) is 1.86. The lowest BCUT2D eigenvalue weighted by Crippen LogP contribution is -2.43. The van der Waals surface area contributed by atoms with Crippen molar-refractivity contribution in [1.29, 1.82) is 0 Å². The van der Waals surface area contributed by atoms with Crippen LogP contribution in [0.4, 0.5) is 0 Å². The fraction of sp³-hybridized carbons (Fsp3) is 0.800. The van der Waals surface area contributed by atoms with Gasteiger partial charge in [-0.2, -0.15) is 0 Å². The molecular formula is C10H17NO4. The van der Waals surface area contributed by atoms with Crippen LogP contribution in [0.1, 0.15) is 32.1 Å². The highest BCUT2D eigenvalue weighted by Crippen LogP contribution is 2.24. The van der Waals surface area contributed by atoms with Crippen molar-refractivity contribution in [3.8, 4) is 0 Å². The van der Waals surface area contributed by atoms with Gasteiger partial charge in [-0.05, 0) is 12.8 Å². The summed E-state index contributed by atoms with van der Waals surface area (Å²) in [6, 6.07) is -0.955. The van der Waals surface area contributed by atoms with Crippen LogP contribution in [-0.2, 0) is 9.59 Å². The van der Waals surface area contributed by atoms with E-state index < -0.39 is 12.0 Å². The van der Waals surface area contributed by atoms with Gasteiger partial charge in [0.25, 0.3) is 0 Å². The summed E-state index contributed by atoms with van der Waals surface area (Å²) in [5.41, 5.74) is 0. The van der Waals surface area contributed by atoms with E-state index in [1.807, 2.05) is 0 Å². The zero-order valence-corrected chi connectivity index (χ0v) is 8.61. The maximum atomic E-state index is 11.6. The molecule has 0 aromatic rings. The van der Waals surface area contributed by atoms with Crippen LogP contribution in [0.15, 0.2) is 0 Å². The summed E-state index contributed by atoms with van der Waals surface area (Å²) in [4.78, 5) is 22.3. The van der Waals surface area contributed by atoms with Crippen LogP contribution in [0.25, 0.3) is 0 Å². The molecule has 0 aliphatic heterocycles. The molecule has 5 heteroatoms. The Morgan fingerprint density at radius 2 is 1.93 bits per heavy atom. The second-order valence-corrected chi connectivity index (χ2v) is 3.89. The highest BCUT2D eigenvalue weighted by atomic mass is 16.4. The Labute approximate surface area is 88.5 Å². The van der Waals surface area contributed by atoms with E-state index >= 15 is 0 Å². The van der Waals surface area contributed by atoms with Crippen LogP contribution in [0.2, 0.25) is 0 Å². The Hall–Kier alpha value is -1.10. The average molecular weight is 215 g/mol. The molecule has 1 aliphatic rings. The first-order valence-corrected chi connectivity index (χ1v) is 5.29. The second-order valence-electron chi connectivity index (χ2n) is 3.89. The molecule has 5 nitrogen and oxygen atoms in total. The summed E-state index contributed by atoms with van der Waals surface area (Å²) < 4.78 is 0. The van der Waals surface area contributed by atoms with Gasteiger partial charge in [0.05, 0.1) is 0 Å². The summed E-state index contributed by atoms with van der Waals surface area (Å²) >= 11 is 0. The fourth-order valence-electron chi connectivity index (χ4n) is 1.86. The van der Waals surface area contributed by atoms with E-state index in [2.05, 4.69) is 5.32 Å². The van der Waals surface area contributed by atoms with E-state index in [0.717, 1.165) is 25.7 Å². The van der Waals surface area contributed by atoms with Gasteiger partial charge < -0.3 is 15.5 Å². The maximum absolute atomic E-state index is 11.6. The largest absolute Gasteiger partial charge is 0.480 e. The van der Waals surface area contributed by atoms with Gasteiger partial charge in [-0.1, -0.05) is 12.8 Å². The molecule has 0 saturated heterocycles. The van der Waals surface area contributed by atoms with Gasteiger partial charge in [0.2, 0.25) is 5.91 Å². The minimum atomic E-state index is -1.09. The number of carboxylic acids is 1. The van der Waals surface area contributed by atoms with E-state index in [1.165, 1.54) is 0 Å². The number of hydrogen-bond donors (Lipinski definition) is 3. The third kappa shape index (κ3) is 3.51. The minimum Gasteiger partial charge on any atom is -0.480 e. The molecular weight excluding hydrogens is 198 g/mol. The number of carbonyl (C=O) groups is 2. The summed E-state index contributed by atoms with van der Waals surface area (Å²) in [5, 5.41) is 19.9. The molecule has 0 bridgehead atoms. The van der Waals surface area contributed by atoms with Crippen molar-refractivity contribution in [3.05, 3.63) is 0 Å². The molecule has 3 N–H and O–H groups in total. The molecule has 0 radical (unpaired) electrons. The normalized spacial score (nSPS) is 18.7. The van der Waals surface area contributed by atoms with Crippen LogP contribution in [0.3, 0.4) is 0 Å². The third-order valence-electron chi connectivity index (χ3n) is 2.76. The van der Waals surface area contributed by atoms with Crippen LogP contribution in [0, 0.1) is 5.92 Å². The van der Waals surface area contributed by atoms with Gasteiger partial charge >= 0.3 is 5.97 Å². The number of aliphatic hydroxyl groups excluding tert-OH is 1. The molecule has 1 rings (SSSR count). The molecule has 1 atom stereocenters. The molecule has 1 amide bonds. The molecule has 0 aromatic heterocycles. The Morgan fingerprint density at radius 1 is 1.33 bits per heavy atom. The summed E-state index contributed by atoms with van der Waals surface area (Å²) in [6.45, 7) is -0.234. The molecule has 0 heterocycles. The topological polar surface area (TPSA) is 86.6 Å². The van der Waals surface area contributed by atoms with Crippen LogP contribution in [0.5, 0.6) is 0 Å². The first kappa shape index (κ1) is 12.0. The van der Waals surface area contributed by atoms with E-state index in [-0.39, 0.29) is 24.9 Å². The molecule has 15 heavy (non-hydrogen) atoms. The predicted octanol–water partition coefficient (Wildman–Crippen LogP) is 0.128. The molecule has 0 aromatic carbocycles. The van der Waals surface area contributed by atoms with Crippen LogP contribution >= 0.6 is 0 Å². The Bertz CT molecular complexity index is 236. The maximum Gasteiger partial charge on any atom is 0.326 e. The van der Waals surface area contributed by atoms with Crippen molar-refractivity contribution < 1.29 is 19.8 Å². The van der Waals surface area contributed by atoms with Gasteiger partial charge in [-0.15, -0.1) is 0 Å². The Kier molecular flexibility index (Phi) is 4.55. The van der Waals surface area contributed by atoms with E-state index in [9.17, 15) is 9.59 Å². The van der Waals surface area contributed by atoms with E-state index in [0.29, 0.717) is 0 Å². The van der Waals surface area contributed by atoms with E-state index in [1.54, 1.807) is 0 Å². The zero-order valence-electron chi connectivity index (χ0n) is 8.61. The number of carboxylic acid groups (broad SMARTS) is 1. The quantitative estimate of drug-likeness (QED) is 0.608. The van der Waals surface area contributed by atoms with Crippen LogP contribution in [-0.4, -0.2) is 34.7 Å². The van der Waals surface area contributed by atoms with Crippen molar-refractivity contribution in [2.24, 2.45) is 5.92 Å². The van der Waals surface area contributed by atoms with Crippen molar-refractivity contribution in [2.45, 2.75) is 38.1 Å². The number of aliphatic hydroxyl groups is 1. The smallest absolute Gasteiger partial charge is 0.326 e. The Balaban J connectivity index is 2.42. The third-order valence-corrected chi connectivity index (χ3v) is 2.76. The van der Waals surface area contributed by atoms with Gasteiger partial charge in [0.1, 0.15) is 6.04 Å². The number of nitrogens with one attached hydrogen (secondary N) is 1. The van der Waals surface area contributed by atoms with Crippen molar-refractivity contribution in [2.75, 3.05) is 6.61 Å². The van der Waals surface area contributed by atoms with Crippen LogP contribution < -0.4 is 5.32 Å². The number of rotatable bonds is 5. The standard InChI is InChI=1S/C10H17NO4/c12-6-5-8(10(14)15)11-9(13)7-3-1-2-4-7/h7-8,12H,1-6H2,(H,11,13)(H,14,15)/t8-/m0/s1. The lowest BCUT2D eigenvalue weighted by atomic mass is 10.1. The lowest BCUT2D eigenvalue weighted by Gasteiger charge is -2.16. The monoisotopic (exact) mass is 215 g/mol. The molecule has 1 fully saturated rings. The van der Waals surface area contributed by atoms with Gasteiger partial charge in [0, 0.05) is 18.9 Å². The average Bonchev–Trinajstić information content (AvgIpc) is 2.69. The molecule has 1 aliphatic carbocycles. The number of amides is 1. The predicted molar refractivity (Wildman–Crippen MR) is 53.2 cm³/mol. The Morgan fingerprint density at radius 3 is 2.40 bits per heavy atom. The first-order valence-electron chi connectivity index (χ1n) is 5.29. The van der Waals surface area contributed by atoms with E-state index in [4.69, 9.17) is 10.2 Å². The number of aliphatic carboxylic acids is 1. The number of hydrogen-bond acceptors (Lipinski definition) is 3. The van der Waals surface area contributed by atoms with Gasteiger partial charge in [-0.3, -0.25) is 4.79 Å². The summed E-state index contributed by atoms with van der Waals surface area (Å²) in [6.07, 6.45) is 3.83. The van der Waals surface area contributed by atoms with Crippen molar-refractivity contribution in [1.82, 2.24) is 5.32 Å². The van der Waals surface area contributed by atoms with Crippen molar-refractivity contribution in [3.63, 3.8) is 0 Å². The van der Waals surface area contributed by atoms with Crippen molar-refractivity contribution >= 4 is 11.9 Å². The highest BCUT2D eigenvalue weighted by molar-refractivity contribution is 5.85. The van der Waals surface area contributed by atoms with Gasteiger partial charge in [-0.25, -0.2) is 4.79 Å². The minimum absolute atomic E-state index is 0.0365. The first-order chi connectivity index (χ1) is 7.15. The molecule has 1 saturated carbocycles. The summed E-state index contributed by atoms with van der Waals surface area (Å²) in [5.74, 6) is -1.31. The molecule has 0 unspecified atom stereocenters. The lowest BCUT2D eigenvalue weighted by molar-refractivity contribution is -0.142. The van der Waals surface area contributed by atoms with Gasteiger partial charge in [0.15, 0.2) is 0 Å².